The third-order valence-corrected chi connectivity index (χ3v) is 7.90. The van der Waals surface area contributed by atoms with Gasteiger partial charge in [-0.1, -0.05) is 65.7 Å². The fraction of sp³-hybridized carbons (Fsp3) is 0.231. The molecule has 0 aliphatic carbocycles. The first-order valence-corrected chi connectivity index (χ1v) is 15.3. The van der Waals surface area contributed by atoms with E-state index in [-0.39, 0.29) is 11.5 Å². The smallest absolute Gasteiger partial charge is 0.376 e. The Kier molecular flexibility index (Phi) is 9.86. The first kappa shape index (κ1) is 32.5. The number of rotatable bonds is 7. The van der Waals surface area contributed by atoms with Gasteiger partial charge in [-0.15, -0.1) is 0 Å². The van der Waals surface area contributed by atoms with Crippen molar-refractivity contribution in [1.82, 2.24) is 0 Å². The summed E-state index contributed by atoms with van der Waals surface area (Å²) in [5.74, 6) is -0.738. The molecule has 0 bridgehead atoms. The van der Waals surface area contributed by atoms with Crippen LogP contribution in [0.15, 0.2) is 77.3 Å². The van der Waals surface area contributed by atoms with E-state index < -0.39 is 31.3 Å². The van der Waals surface area contributed by atoms with E-state index in [1.165, 1.54) is 24.3 Å². The van der Waals surface area contributed by atoms with Gasteiger partial charge in [0, 0.05) is 4.47 Å². The quantitative estimate of drug-likeness (QED) is 0.111. The van der Waals surface area contributed by atoms with E-state index in [9.17, 15) is 43.2 Å². The van der Waals surface area contributed by atoms with E-state index in [4.69, 9.17) is 0 Å². The van der Waals surface area contributed by atoms with E-state index in [0.717, 1.165) is 46.1 Å². The topological polar surface area (TPSA) is 86.7 Å². The summed E-state index contributed by atoms with van der Waals surface area (Å²) >= 11 is 3.25. The molecule has 4 aromatic carbocycles. The van der Waals surface area contributed by atoms with Gasteiger partial charge in [0.25, 0.3) is 0 Å². The molecule has 0 saturated heterocycles. The van der Waals surface area contributed by atoms with E-state index in [0.29, 0.717) is 10.8 Å². The molecule has 0 aliphatic rings. The van der Waals surface area contributed by atoms with Gasteiger partial charge in [-0.25, -0.2) is 0 Å². The molecule has 0 N–H and O–H groups in total. The van der Waals surface area contributed by atoms with Crippen LogP contribution in [0.1, 0.15) is 25.3 Å². The van der Waals surface area contributed by atoms with Crippen molar-refractivity contribution in [3.63, 3.8) is 0 Å². The lowest BCUT2D eigenvalue weighted by Gasteiger charge is -2.10. The molecule has 0 heterocycles. The lowest BCUT2D eigenvalue weighted by atomic mass is 10.0. The molecule has 0 aliphatic heterocycles. The van der Waals surface area contributed by atoms with Crippen molar-refractivity contribution in [3.05, 3.63) is 82.8 Å². The normalized spacial score (nSPS) is 12.6. The summed E-state index contributed by atoms with van der Waals surface area (Å²) in [5, 5.41) is 2.75. The third kappa shape index (κ3) is 8.49. The highest BCUT2D eigenvalue weighted by molar-refractivity contribution is 9.10. The lowest BCUT2D eigenvalue weighted by Crippen LogP contribution is -2.28. The second kappa shape index (κ2) is 12.4. The molecule has 41 heavy (non-hydrogen) atoms. The van der Waals surface area contributed by atoms with Crippen molar-refractivity contribution in [2.45, 2.75) is 37.2 Å². The van der Waals surface area contributed by atoms with Crippen molar-refractivity contribution >= 4 is 57.7 Å². The Balaban J connectivity index is 0.000000228. The molecule has 0 aromatic heterocycles. The van der Waals surface area contributed by atoms with Gasteiger partial charge < -0.3 is 8.37 Å². The molecule has 0 spiro atoms. The highest BCUT2D eigenvalue weighted by atomic mass is 79.9. The molecule has 4 aromatic rings. The fourth-order valence-electron chi connectivity index (χ4n) is 3.46. The number of alkyl halides is 6. The molecule has 6 nitrogen and oxygen atoms in total. The van der Waals surface area contributed by atoms with Gasteiger partial charge in [-0.05, 0) is 76.3 Å². The van der Waals surface area contributed by atoms with Crippen LogP contribution in [0.2, 0.25) is 0 Å². The number of aryl methyl sites for hydroxylation is 1. The van der Waals surface area contributed by atoms with Crippen LogP contribution < -0.4 is 8.37 Å². The summed E-state index contributed by atoms with van der Waals surface area (Å²) in [7, 11) is -11.3. The summed E-state index contributed by atoms with van der Waals surface area (Å²) in [4.78, 5) is 0. The SMILES string of the molecule is CCCCc1ccc2cc(OS(=O)(=O)C(F)(F)F)ccc2c1.O=S(=O)(Oc1ccc2cc(Br)ccc2c1)C(F)(F)F. The molecule has 0 amide bonds. The minimum Gasteiger partial charge on any atom is -0.376 e. The molecule has 222 valence electrons. The summed E-state index contributed by atoms with van der Waals surface area (Å²) in [6.45, 7) is 2.09. The Morgan fingerprint density at radius 1 is 0.634 bits per heavy atom. The Hall–Kier alpha value is -3.04. The second-order valence-corrected chi connectivity index (χ2v) is 12.6. The predicted octanol–water partition coefficient (Wildman–Crippen LogP) is 8.24. The minimum atomic E-state index is -5.64. The molecular weight excluding hydrogens is 666 g/mol. The van der Waals surface area contributed by atoms with Crippen molar-refractivity contribution < 1.29 is 51.5 Å². The second-order valence-electron chi connectivity index (χ2n) is 8.57. The van der Waals surface area contributed by atoms with Crippen molar-refractivity contribution in [3.8, 4) is 11.5 Å². The zero-order valence-electron chi connectivity index (χ0n) is 21.0. The van der Waals surface area contributed by atoms with Crippen LogP contribution in [0.25, 0.3) is 21.5 Å². The Morgan fingerprint density at radius 3 is 1.51 bits per heavy atom. The number of hydrogen-bond donors (Lipinski definition) is 0. The monoisotopic (exact) mass is 686 g/mol. The van der Waals surface area contributed by atoms with Gasteiger partial charge >= 0.3 is 31.3 Å². The zero-order chi connectivity index (χ0) is 30.6. The zero-order valence-corrected chi connectivity index (χ0v) is 24.2. The predicted molar refractivity (Wildman–Crippen MR) is 145 cm³/mol. The number of unbranched alkanes of at least 4 members (excludes halogenated alkanes) is 1. The van der Waals surface area contributed by atoms with Crippen molar-refractivity contribution in [1.29, 1.82) is 0 Å². The summed E-state index contributed by atoms with van der Waals surface area (Å²) < 4.78 is 126. The molecular formula is C26H21BrF6O6S2. The maximum atomic E-state index is 12.3. The number of benzene rings is 4. The third-order valence-electron chi connectivity index (χ3n) is 5.45. The molecule has 0 unspecified atom stereocenters. The van der Waals surface area contributed by atoms with Crippen LogP contribution in [0.3, 0.4) is 0 Å². The van der Waals surface area contributed by atoms with E-state index >= 15 is 0 Å². The maximum absolute atomic E-state index is 12.3. The van der Waals surface area contributed by atoms with Gasteiger partial charge in [0.15, 0.2) is 0 Å². The van der Waals surface area contributed by atoms with Crippen LogP contribution >= 0.6 is 15.9 Å². The average Bonchev–Trinajstić information content (AvgIpc) is 2.86. The number of hydrogen-bond acceptors (Lipinski definition) is 6. The molecule has 0 atom stereocenters. The van der Waals surface area contributed by atoms with Gasteiger partial charge in [0.1, 0.15) is 11.5 Å². The van der Waals surface area contributed by atoms with E-state index in [1.807, 2.05) is 12.1 Å². The fourth-order valence-corrected chi connectivity index (χ4v) is 4.74. The standard InChI is InChI=1S/C15H15F3O3S.C11H6BrF3O3S/c1-2-3-4-11-5-6-13-10-14(8-7-12(13)9-11)21-22(19,20)15(16,17)18;12-9-3-1-8-6-10(4-2-7(8)5-9)18-19(16,17)11(13,14)15/h5-10H,2-4H2,1H3;1-6H. The van der Waals surface area contributed by atoms with Gasteiger partial charge in [0.2, 0.25) is 0 Å². The van der Waals surface area contributed by atoms with Crippen LogP contribution in [0.4, 0.5) is 26.3 Å². The highest BCUT2D eigenvalue weighted by Gasteiger charge is 2.49. The van der Waals surface area contributed by atoms with Gasteiger partial charge in [0.05, 0.1) is 0 Å². The van der Waals surface area contributed by atoms with E-state index in [1.54, 1.807) is 30.3 Å². The lowest BCUT2D eigenvalue weighted by molar-refractivity contribution is -0.0504. The molecule has 0 fully saturated rings. The Labute approximate surface area is 240 Å². The molecule has 15 heteroatoms. The van der Waals surface area contributed by atoms with Crippen LogP contribution in [-0.2, 0) is 26.7 Å². The minimum absolute atomic E-state index is 0.355. The first-order valence-electron chi connectivity index (χ1n) is 11.7. The summed E-state index contributed by atoms with van der Waals surface area (Å²) in [6, 6.07) is 18.5. The summed E-state index contributed by atoms with van der Waals surface area (Å²) in [5.41, 5.74) is -9.75. The summed E-state index contributed by atoms with van der Waals surface area (Å²) in [6.07, 6.45) is 3.05. The average molecular weight is 687 g/mol. The van der Waals surface area contributed by atoms with Crippen molar-refractivity contribution in [2.24, 2.45) is 0 Å². The van der Waals surface area contributed by atoms with Gasteiger partial charge in [-0.2, -0.15) is 43.2 Å². The number of halogens is 7. The maximum Gasteiger partial charge on any atom is 0.534 e. The van der Waals surface area contributed by atoms with Crippen LogP contribution in [0, 0.1) is 0 Å². The first-order chi connectivity index (χ1) is 18.9. The van der Waals surface area contributed by atoms with Crippen molar-refractivity contribution in [2.75, 3.05) is 0 Å². The molecule has 0 saturated carbocycles. The Morgan fingerprint density at radius 2 is 1.05 bits per heavy atom. The van der Waals surface area contributed by atoms with Crippen LogP contribution in [-0.4, -0.2) is 27.9 Å². The highest BCUT2D eigenvalue weighted by Crippen LogP contribution is 2.31. The molecule has 0 radical (unpaired) electrons. The van der Waals surface area contributed by atoms with E-state index in [2.05, 4.69) is 31.2 Å². The Bertz CT molecular complexity index is 1750. The van der Waals surface area contributed by atoms with Crippen LogP contribution in [0.5, 0.6) is 11.5 Å². The van der Waals surface area contributed by atoms with Gasteiger partial charge in [-0.3, -0.25) is 0 Å². The largest absolute Gasteiger partial charge is 0.534 e. The number of fused-ring (bicyclic) bond motifs is 2. The molecule has 4 rings (SSSR count).